The number of nitrogens with one attached hydrogen (secondary N) is 2. The van der Waals surface area contributed by atoms with E-state index in [0.717, 1.165) is 38.5 Å². The highest BCUT2D eigenvalue weighted by molar-refractivity contribution is 5.84. The summed E-state index contributed by atoms with van der Waals surface area (Å²) in [6.07, 6.45) is 11.9. The highest BCUT2D eigenvalue weighted by Crippen LogP contribution is 2.12. The minimum Gasteiger partial charge on any atom is -0.481 e. The van der Waals surface area contributed by atoms with Crippen molar-refractivity contribution >= 4 is 30.0 Å². The van der Waals surface area contributed by atoms with Gasteiger partial charge in [0.1, 0.15) is 0 Å². The van der Waals surface area contributed by atoms with Crippen LogP contribution in [0.25, 0.3) is 0 Å². The average molecular weight is 794 g/mol. The highest BCUT2D eigenvalue weighted by atomic mass is 16.6. The number of carbonyl (C=O) groups excluding carboxylic acids is 3. The largest absolute Gasteiger partial charge is 0.481 e. The molecule has 0 rings (SSSR count). The van der Waals surface area contributed by atoms with Gasteiger partial charge in [0.25, 0.3) is 0 Å². The molecular formula is C38H69N2O15. The van der Waals surface area contributed by atoms with Crippen molar-refractivity contribution in [2.24, 2.45) is 0 Å². The van der Waals surface area contributed by atoms with E-state index in [0.29, 0.717) is 92.2 Å². The van der Waals surface area contributed by atoms with E-state index in [-0.39, 0.29) is 45.0 Å². The third-order valence-electron chi connectivity index (χ3n) is 7.96. The smallest absolute Gasteiger partial charge is 0.328 e. The number of carbonyl (C=O) groups is 4. The molecule has 0 aromatic heterocycles. The summed E-state index contributed by atoms with van der Waals surface area (Å²) in [5.74, 6) is -2.41. The van der Waals surface area contributed by atoms with Gasteiger partial charge in [-0.15, -0.1) is 0 Å². The number of rotatable bonds is 44. The minimum absolute atomic E-state index is 0.0342. The molecule has 0 saturated carbocycles. The lowest BCUT2D eigenvalue weighted by molar-refractivity contribution is -0.147. The van der Waals surface area contributed by atoms with Crippen molar-refractivity contribution in [1.82, 2.24) is 10.6 Å². The number of unbranched alkanes of at least 4 members (excludes halogenated alkanes) is 9. The van der Waals surface area contributed by atoms with Gasteiger partial charge < -0.3 is 58.7 Å². The van der Waals surface area contributed by atoms with Crippen LogP contribution in [0.5, 0.6) is 0 Å². The number of aliphatic carboxylic acids is 2. The molecule has 1 radical (unpaired) electrons. The van der Waals surface area contributed by atoms with Crippen LogP contribution in [0.15, 0.2) is 0 Å². The molecule has 17 heteroatoms. The van der Waals surface area contributed by atoms with E-state index in [1.165, 1.54) is 25.7 Å². The number of ether oxygens (including phenoxy) is 8. The first kappa shape index (κ1) is 52.2. The van der Waals surface area contributed by atoms with E-state index < -0.39 is 30.0 Å². The van der Waals surface area contributed by atoms with Gasteiger partial charge in [-0.2, -0.15) is 0 Å². The van der Waals surface area contributed by atoms with Crippen molar-refractivity contribution in [2.45, 2.75) is 109 Å². The minimum atomic E-state index is -1.35. The van der Waals surface area contributed by atoms with Gasteiger partial charge in [0.15, 0.2) is 6.04 Å². The Kier molecular flexibility index (Phi) is 38.8. The van der Waals surface area contributed by atoms with Crippen molar-refractivity contribution in [1.29, 1.82) is 0 Å². The van der Waals surface area contributed by atoms with E-state index in [4.69, 9.17) is 43.0 Å². The fraction of sp³-hybridized carbons (Fsp3) is 0.868. The number of hydrogen-bond donors (Lipinski definition) is 4. The second-order valence-electron chi connectivity index (χ2n) is 12.6. The summed E-state index contributed by atoms with van der Waals surface area (Å²) in [6.45, 7) is 7.61. The summed E-state index contributed by atoms with van der Waals surface area (Å²) < 4.78 is 43.6. The quantitative estimate of drug-likeness (QED) is 0.0651. The van der Waals surface area contributed by atoms with E-state index in [1.807, 2.05) is 0 Å². The number of carboxylic acids is 2. The van der Waals surface area contributed by atoms with E-state index in [2.05, 4.69) is 10.6 Å². The number of hydrogen-bond acceptors (Lipinski definition) is 13. The second kappa shape index (κ2) is 40.9. The molecule has 321 valence electrons. The lowest BCUT2D eigenvalue weighted by atomic mass is 10.1. The maximum Gasteiger partial charge on any atom is 0.328 e. The van der Waals surface area contributed by atoms with Gasteiger partial charge in [-0.3, -0.25) is 19.2 Å². The Morgan fingerprint density at radius 3 is 1.29 bits per heavy atom. The normalized spacial score (nSPS) is 12.3. The average Bonchev–Trinajstić information content (AvgIpc) is 3.16. The summed E-state index contributed by atoms with van der Waals surface area (Å²) in [5.41, 5.74) is 0. The van der Waals surface area contributed by atoms with Crippen LogP contribution in [0.4, 0.5) is 0 Å². The molecule has 1 unspecified atom stereocenters. The van der Waals surface area contributed by atoms with Crippen molar-refractivity contribution in [3.05, 3.63) is 0 Å². The summed E-state index contributed by atoms with van der Waals surface area (Å²) in [6, 6.07) is -1.35. The molecule has 0 saturated heterocycles. The fourth-order valence-corrected chi connectivity index (χ4v) is 4.95. The Bertz CT molecular complexity index is 944. The molecule has 0 fully saturated rings. The van der Waals surface area contributed by atoms with Crippen molar-refractivity contribution in [2.75, 3.05) is 106 Å². The number of carboxylic acid groups (broad SMARTS) is 2. The Balaban J connectivity index is 3.36. The second-order valence-corrected chi connectivity index (χ2v) is 12.6. The first-order valence-corrected chi connectivity index (χ1v) is 19.8. The topological polar surface area (TPSA) is 224 Å². The Morgan fingerprint density at radius 1 is 0.527 bits per heavy atom. The molecule has 2 amide bonds. The zero-order chi connectivity index (χ0) is 40.5. The predicted octanol–water partition coefficient (Wildman–Crippen LogP) is 2.85. The molecule has 0 aromatic carbocycles. The van der Waals surface area contributed by atoms with Crippen LogP contribution in [-0.4, -0.2) is 158 Å². The van der Waals surface area contributed by atoms with Crippen molar-refractivity contribution < 1.29 is 72.1 Å². The van der Waals surface area contributed by atoms with Crippen LogP contribution < -0.4 is 10.6 Å². The van der Waals surface area contributed by atoms with Crippen molar-refractivity contribution in [3.63, 3.8) is 0 Å². The third kappa shape index (κ3) is 37.9. The molecule has 0 aliphatic carbocycles. The zero-order valence-corrected chi connectivity index (χ0v) is 33.1. The van der Waals surface area contributed by atoms with Crippen LogP contribution in [0, 0.1) is 0 Å². The first-order chi connectivity index (χ1) is 26.8. The third-order valence-corrected chi connectivity index (χ3v) is 7.96. The molecule has 0 spiro atoms. The van der Waals surface area contributed by atoms with Crippen molar-refractivity contribution in [3.8, 4) is 0 Å². The standard InChI is InChI=1S/C38H69N2O15/c1-2-34(42)40-37(38(46)47)33(15-17-41)55-32-31-54-30-29-53-28-27-52-26-25-51-24-23-50-22-21-49-20-19-48-18-16-39-35(43)13-11-9-7-5-3-4-6-8-10-12-14-36(44)45/h33,37H,2-16,18-32H2,1H3,(H,39,43)(H,40,42)(H,44,45)(H,46,47)/t33?,37-/m0/s1. The van der Waals surface area contributed by atoms with E-state index in [9.17, 15) is 29.1 Å². The predicted molar refractivity (Wildman–Crippen MR) is 202 cm³/mol. The lowest BCUT2D eigenvalue weighted by Gasteiger charge is -2.23. The summed E-state index contributed by atoms with van der Waals surface area (Å²) in [7, 11) is 0. The van der Waals surface area contributed by atoms with E-state index >= 15 is 0 Å². The SMILES string of the molecule is CCC(=O)N[C@H](C(=O)O)C(C[C]=O)OCCOCCOCCOCCOCCOCCOCCOCCNC(=O)CCCCCCCCCCCCC(=O)O. The molecular weight excluding hydrogens is 724 g/mol. The van der Waals surface area contributed by atoms with Gasteiger partial charge in [-0.05, 0) is 12.8 Å². The molecule has 0 aliphatic rings. The van der Waals surface area contributed by atoms with E-state index in [1.54, 1.807) is 13.2 Å². The molecule has 0 bridgehead atoms. The van der Waals surface area contributed by atoms with Gasteiger partial charge in [0.05, 0.1) is 105 Å². The highest BCUT2D eigenvalue weighted by Gasteiger charge is 2.30. The molecule has 0 aliphatic heterocycles. The summed E-state index contributed by atoms with van der Waals surface area (Å²) >= 11 is 0. The summed E-state index contributed by atoms with van der Waals surface area (Å²) in [4.78, 5) is 56.3. The Hall–Kier alpha value is -2.77. The lowest BCUT2D eigenvalue weighted by Crippen LogP contribution is -2.50. The van der Waals surface area contributed by atoms with Gasteiger partial charge in [0, 0.05) is 32.2 Å². The molecule has 55 heavy (non-hydrogen) atoms. The molecule has 4 N–H and O–H groups in total. The molecule has 0 aromatic rings. The maximum absolute atomic E-state index is 11.9. The van der Waals surface area contributed by atoms with Crippen LogP contribution >= 0.6 is 0 Å². The van der Waals surface area contributed by atoms with Gasteiger partial charge in [-0.1, -0.05) is 58.3 Å². The van der Waals surface area contributed by atoms with Crippen LogP contribution in [0.1, 0.15) is 96.8 Å². The first-order valence-electron chi connectivity index (χ1n) is 19.8. The molecule has 2 atom stereocenters. The van der Waals surface area contributed by atoms with Crippen LogP contribution in [0.3, 0.4) is 0 Å². The molecule has 0 heterocycles. The maximum atomic E-state index is 11.9. The zero-order valence-electron chi connectivity index (χ0n) is 33.1. The monoisotopic (exact) mass is 793 g/mol. The Morgan fingerprint density at radius 2 is 0.909 bits per heavy atom. The Labute approximate surface area is 327 Å². The van der Waals surface area contributed by atoms with Gasteiger partial charge >= 0.3 is 11.9 Å². The van der Waals surface area contributed by atoms with Gasteiger partial charge in [-0.25, -0.2) is 4.79 Å². The van der Waals surface area contributed by atoms with Crippen LogP contribution in [0.2, 0.25) is 0 Å². The summed E-state index contributed by atoms with van der Waals surface area (Å²) in [5, 5.41) is 23.2. The van der Waals surface area contributed by atoms with Crippen LogP contribution in [-0.2, 0) is 61.9 Å². The molecule has 17 nitrogen and oxygen atoms in total. The van der Waals surface area contributed by atoms with Gasteiger partial charge in [0.2, 0.25) is 18.1 Å². The number of amides is 2. The fourth-order valence-electron chi connectivity index (χ4n) is 4.95.